The number of benzene rings is 2. The van der Waals surface area contributed by atoms with E-state index in [4.69, 9.17) is 13.9 Å². The van der Waals surface area contributed by atoms with Gasteiger partial charge in [0, 0.05) is 16.8 Å². The molecule has 158 valence electrons. The van der Waals surface area contributed by atoms with E-state index < -0.39 is 17.6 Å². The van der Waals surface area contributed by atoms with Crippen LogP contribution in [0.2, 0.25) is 0 Å². The van der Waals surface area contributed by atoms with E-state index in [1.165, 1.54) is 24.3 Å². The van der Waals surface area contributed by atoms with E-state index in [1.54, 1.807) is 36.4 Å². The highest BCUT2D eigenvalue weighted by molar-refractivity contribution is 6.02. The molecule has 0 aliphatic heterocycles. The Hall–Kier alpha value is -3.78. The fourth-order valence-electron chi connectivity index (χ4n) is 3.02. The van der Waals surface area contributed by atoms with Crippen LogP contribution in [0.3, 0.4) is 0 Å². The molecule has 2 N–H and O–H groups in total. The van der Waals surface area contributed by atoms with Gasteiger partial charge in [-0.3, -0.25) is 4.79 Å². The highest BCUT2D eigenvalue weighted by atomic mass is 19.4. The van der Waals surface area contributed by atoms with E-state index in [2.05, 4.69) is 5.32 Å². The Morgan fingerprint density at radius 2 is 1.55 bits per heavy atom. The Kier molecular flexibility index (Phi) is 5.39. The standard InChI is InChI=1S/C23H16F3NO4/c24-23(25,26)16-5-1-3-14(11-16)20-9-10-21(31-20)22(29)27-17-6-2-4-15(12-17)19-8-7-18(13-28)30-19/h1-12,28H,13H2,(H,27,29). The quantitative estimate of drug-likeness (QED) is 0.411. The first kappa shape index (κ1) is 20.5. The Labute approximate surface area is 174 Å². The average molecular weight is 427 g/mol. The number of carbonyl (C=O) groups is 1. The molecule has 1 amide bonds. The number of halogens is 3. The second kappa shape index (κ2) is 8.16. The first-order valence-electron chi connectivity index (χ1n) is 9.22. The molecule has 4 rings (SSSR count). The number of rotatable bonds is 5. The van der Waals surface area contributed by atoms with Gasteiger partial charge in [-0.25, -0.2) is 0 Å². The molecule has 8 heteroatoms. The molecule has 0 bridgehead atoms. The summed E-state index contributed by atoms with van der Waals surface area (Å²) in [5.41, 5.74) is 0.586. The number of amides is 1. The molecule has 31 heavy (non-hydrogen) atoms. The maximum absolute atomic E-state index is 12.9. The summed E-state index contributed by atoms with van der Waals surface area (Å²) in [6, 6.07) is 17.8. The SMILES string of the molecule is O=C(Nc1cccc(-c2ccc(CO)o2)c1)c1ccc(-c2cccc(C(F)(F)F)c2)o1. The summed E-state index contributed by atoms with van der Waals surface area (Å²) in [6.45, 7) is -0.219. The van der Waals surface area contributed by atoms with Crippen LogP contribution in [0.5, 0.6) is 0 Å². The molecule has 5 nitrogen and oxygen atoms in total. The summed E-state index contributed by atoms with van der Waals surface area (Å²) in [6.07, 6.45) is -4.47. The van der Waals surface area contributed by atoms with Crippen molar-refractivity contribution in [2.75, 3.05) is 5.32 Å². The van der Waals surface area contributed by atoms with Gasteiger partial charge in [-0.1, -0.05) is 24.3 Å². The zero-order valence-electron chi connectivity index (χ0n) is 15.9. The molecule has 2 aromatic carbocycles. The van der Waals surface area contributed by atoms with Gasteiger partial charge in [0.25, 0.3) is 5.91 Å². The van der Waals surface area contributed by atoms with Crippen molar-refractivity contribution < 1.29 is 31.9 Å². The average Bonchev–Trinajstić information content (AvgIpc) is 3.43. The molecule has 0 unspecified atom stereocenters. The molecule has 0 aliphatic rings. The summed E-state index contributed by atoms with van der Waals surface area (Å²) >= 11 is 0. The van der Waals surface area contributed by atoms with Crippen molar-refractivity contribution in [3.8, 4) is 22.6 Å². The molecule has 0 saturated carbocycles. The van der Waals surface area contributed by atoms with Crippen LogP contribution >= 0.6 is 0 Å². The van der Waals surface area contributed by atoms with Gasteiger partial charge in [-0.2, -0.15) is 13.2 Å². The zero-order valence-corrected chi connectivity index (χ0v) is 15.9. The van der Waals surface area contributed by atoms with E-state index >= 15 is 0 Å². The highest BCUT2D eigenvalue weighted by Crippen LogP contribution is 2.33. The van der Waals surface area contributed by atoms with Crippen LogP contribution in [-0.2, 0) is 12.8 Å². The van der Waals surface area contributed by atoms with Crippen molar-refractivity contribution >= 4 is 11.6 Å². The molecule has 0 atom stereocenters. The van der Waals surface area contributed by atoms with Gasteiger partial charge in [0.05, 0.1) is 5.56 Å². The third-order valence-electron chi connectivity index (χ3n) is 4.53. The first-order valence-corrected chi connectivity index (χ1v) is 9.22. The van der Waals surface area contributed by atoms with Gasteiger partial charge < -0.3 is 19.3 Å². The molecular weight excluding hydrogens is 411 g/mol. The largest absolute Gasteiger partial charge is 0.459 e. The topological polar surface area (TPSA) is 75.6 Å². The Morgan fingerprint density at radius 3 is 2.26 bits per heavy atom. The van der Waals surface area contributed by atoms with Crippen LogP contribution in [0.15, 0.2) is 81.6 Å². The molecule has 0 radical (unpaired) electrons. The fourth-order valence-corrected chi connectivity index (χ4v) is 3.02. The van der Waals surface area contributed by atoms with Crippen molar-refractivity contribution in [2.24, 2.45) is 0 Å². The zero-order chi connectivity index (χ0) is 22.0. The number of anilines is 1. The van der Waals surface area contributed by atoms with Crippen molar-refractivity contribution in [3.63, 3.8) is 0 Å². The molecule has 0 saturated heterocycles. The van der Waals surface area contributed by atoms with Crippen molar-refractivity contribution in [2.45, 2.75) is 12.8 Å². The van der Waals surface area contributed by atoms with E-state index in [0.29, 0.717) is 22.8 Å². The monoisotopic (exact) mass is 427 g/mol. The third-order valence-corrected chi connectivity index (χ3v) is 4.53. The maximum atomic E-state index is 12.9. The number of hydrogen-bond acceptors (Lipinski definition) is 4. The minimum absolute atomic E-state index is 0.0432. The number of carbonyl (C=O) groups excluding carboxylic acids is 1. The Balaban J connectivity index is 1.52. The molecule has 0 aliphatic carbocycles. The summed E-state index contributed by atoms with van der Waals surface area (Å²) < 4.78 is 49.7. The van der Waals surface area contributed by atoms with E-state index in [0.717, 1.165) is 12.1 Å². The van der Waals surface area contributed by atoms with Gasteiger partial charge in [-0.15, -0.1) is 0 Å². The molecular formula is C23H16F3NO4. The van der Waals surface area contributed by atoms with Crippen LogP contribution in [0.4, 0.5) is 18.9 Å². The number of aliphatic hydroxyl groups is 1. The summed E-state index contributed by atoms with van der Waals surface area (Å²) in [5.74, 6) is 0.508. The lowest BCUT2D eigenvalue weighted by Crippen LogP contribution is -2.10. The van der Waals surface area contributed by atoms with E-state index in [-0.39, 0.29) is 23.7 Å². The summed E-state index contributed by atoms with van der Waals surface area (Å²) in [4.78, 5) is 12.5. The van der Waals surface area contributed by atoms with Crippen molar-refractivity contribution in [1.82, 2.24) is 0 Å². The van der Waals surface area contributed by atoms with Crippen LogP contribution in [-0.4, -0.2) is 11.0 Å². The number of alkyl halides is 3. The van der Waals surface area contributed by atoms with Gasteiger partial charge in [-0.05, 0) is 48.5 Å². The fraction of sp³-hybridized carbons (Fsp3) is 0.0870. The Bertz CT molecular complexity index is 1220. The molecule has 0 fully saturated rings. The summed E-state index contributed by atoms with van der Waals surface area (Å²) in [5, 5.41) is 11.8. The van der Waals surface area contributed by atoms with Crippen LogP contribution in [0.25, 0.3) is 22.6 Å². The highest BCUT2D eigenvalue weighted by Gasteiger charge is 2.30. The molecule has 0 spiro atoms. The molecule has 2 heterocycles. The van der Waals surface area contributed by atoms with E-state index in [9.17, 15) is 18.0 Å². The minimum Gasteiger partial charge on any atom is -0.459 e. The third kappa shape index (κ3) is 4.54. The normalized spacial score (nSPS) is 11.5. The van der Waals surface area contributed by atoms with Gasteiger partial charge >= 0.3 is 6.18 Å². The number of hydrogen-bond donors (Lipinski definition) is 2. The smallest absolute Gasteiger partial charge is 0.416 e. The lowest BCUT2D eigenvalue weighted by atomic mass is 10.1. The van der Waals surface area contributed by atoms with Gasteiger partial charge in [0.1, 0.15) is 23.9 Å². The van der Waals surface area contributed by atoms with Gasteiger partial charge in [0.15, 0.2) is 5.76 Å². The second-order valence-corrected chi connectivity index (χ2v) is 6.70. The first-order chi connectivity index (χ1) is 14.8. The van der Waals surface area contributed by atoms with E-state index in [1.807, 2.05) is 0 Å². The van der Waals surface area contributed by atoms with Crippen LogP contribution < -0.4 is 5.32 Å². The minimum atomic E-state index is -4.47. The summed E-state index contributed by atoms with van der Waals surface area (Å²) in [7, 11) is 0. The van der Waals surface area contributed by atoms with Crippen LogP contribution in [0, 0.1) is 0 Å². The number of nitrogens with one attached hydrogen (secondary N) is 1. The van der Waals surface area contributed by atoms with Crippen molar-refractivity contribution in [1.29, 1.82) is 0 Å². The lowest BCUT2D eigenvalue weighted by Gasteiger charge is -2.07. The maximum Gasteiger partial charge on any atom is 0.416 e. The molecule has 4 aromatic rings. The van der Waals surface area contributed by atoms with Crippen molar-refractivity contribution in [3.05, 3.63) is 89.9 Å². The second-order valence-electron chi connectivity index (χ2n) is 6.70. The lowest BCUT2D eigenvalue weighted by molar-refractivity contribution is -0.137. The number of aliphatic hydroxyl groups excluding tert-OH is 1. The van der Waals surface area contributed by atoms with Crippen LogP contribution in [0.1, 0.15) is 21.9 Å². The Morgan fingerprint density at radius 1 is 0.871 bits per heavy atom. The predicted octanol–water partition coefficient (Wildman–Crippen LogP) is 5.97. The number of furan rings is 2. The van der Waals surface area contributed by atoms with Gasteiger partial charge in [0.2, 0.25) is 0 Å². The predicted molar refractivity (Wildman–Crippen MR) is 107 cm³/mol. The molecule has 2 aromatic heterocycles.